The van der Waals surface area contributed by atoms with Gasteiger partial charge in [0.25, 0.3) is 0 Å². The summed E-state index contributed by atoms with van der Waals surface area (Å²) in [6.45, 7) is 15.1. The van der Waals surface area contributed by atoms with Gasteiger partial charge in [-0.25, -0.2) is 9.67 Å². The Morgan fingerprint density at radius 2 is 1.73 bits per heavy atom. The molecular weight excluding hydrogens is 320 g/mol. The number of hydrogen-bond acceptors (Lipinski definition) is 3. The topological polar surface area (TPSA) is 34.0 Å². The molecule has 0 aliphatic carbocycles. The Hall–Kier alpha value is -2.36. The Morgan fingerprint density at radius 1 is 1.04 bits per heavy atom. The van der Waals surface area contributed by atoms with Crippen molar-refractivity contribution in [1.82, 2.24) is 14.8 Å². The number of pyridine rings is 1. The average Bonchev–Trinajstić information content (AvgIpc) is 2.92. The summed E-state index contributed by atoms with van der Waals surface area (Å²) in [5, 5.41) is 6.07. The van der Waals surface area contributed by atoms with Crippen LogP contribution >= 0.6 is 0 Å². The minimum atomic E-state index is 0.949. The summed E-state index contributed by atoms with van der Waals surface area (Å²) >= 11 is 0. The maximum absolute atomic E-state index is 4.90. The van der Waals surface area contributed by atoms with E-state index in [1.54, 1.807) is 0 Å². The lowest BCUT2D eigenvalue weighted by molar-refractivity contribution is 0.733. The van der Waals surface area contributed by atoms with Crippen LogP contribution in [0.2, 0.25) is 0 Å². The van der Waals surface area contributed by atoms with Gasteiger partial charge in [-0.1, -0.05) is 31.0 Å². The van der Waals surface area contributed by atoms with Crippen molar-refractivity contribution in [2.45, 2.75) is 54.4 Å². The second kappa shape index (κ2) is 7.48. The largest absolute Gasteiger partial charge is 0.371 e. The molecular formula is C22H30N4. The molecule has 1 aromatic carbocycles. The van der Waals surface area contributed by atoms with Crippen molar-refractivity contribution < 1.29 is 0 Å². The van der Waals surface area contributed by atoms with Crippen molar-refractivity contribution in [3.8, 4) is 5.69 Å². The zero-order chi connectivity index (χ0) is 18.8. The molecule has 0 radical (unpaired) electrons. The smallest absolute Gasteiger partial charge is 0.165 e. The molecule has 4 nitrogen and oxygen atoms in total. The van der Waals surface area contributed by atoms with Crippen LogP contribution in [0.15, 0.2) is 24.4 Å². The van der Waals surface area contributed by atoms with Crippen LogP contribution in [-0.2, 0) is 0 Å². The molecule has 3 aromatic rings. The highest BCUT2D eigenvalue weighted by atomic mass is 15.3. The number of rotatable bonds is 6. The van der Waals surface area contributed by atoms with Crippen LogP contribution in [-0.4, -0.2) is 27.9 Å². The molecule has 2 heterocycles. The molecule has 138 valence electrons. The van der Waals surface area contributed by atoms with Crippen molar-refractivity contribution in [1.29, 1.82) is 0 Å². The molecule has 0 aliphatic heterocycles. The summed E-state index contributed by atoms with van der Waals surface area (Å²) in [5.41, 5.74) is 8.13. The average molecular weight is 351 g/mol. The number of benzene rings is 1. The summed E-state index contributed by atoms with van der Waals surface area (Å²) < 4.78 is 2.03. The van der Waals surface area contributed by atoms with Crippen LogP contribution in [0.4, 0.5) is 5.69 Å². The summed E-state index contributed by atoms with van der Waals surface area (Å²) in [7, 11) is 0. The minimum absolute atomic E-state index is 0.949. The van der Waals surface area contributed by atoms with Gasteiger partial charge in [-0.3, -0.25) is 0 Å². The monoisotopic (exact) mass is 350 g/mol. The van der Waals surface area contributed by atoms with Gasteiger partial charge in [0.1, 0.15) is 0 Å². The van der Waals surface area contributed by atoms with Crippen LogP contribution in [0.3, 0.4) is 0 Å². The van der Waals surface area contributed by atoms with E-state index in [-0.39, 0.29) is 0 Å². The first kappa shape index (κ1) is 18.4. The van der Waals surface area contributed by atoms with Crippen molar-refractivity contribution in [2.75, 3.05) is 18.0 Å². The summed E-state index contributed by atoms with van der Waals surface area (Å²) in [6.07, 6.45) is 4.31. The van der Waals surface area contributed by atoms with Gasteiger partial charge in [0.2, 0.25) is 0 Å². The normalized spacial score (nSPS) is 11.3. The summed E-state index contributed by atoms with van der Waals surface area (Å²) in [5.74, 6) is 0. The lowest BCUT2D eigenvalue weighted by atomic mass is 10.1. The second-order valence-corrected chi connectivity index (χ2v) is 7.21. The highest BCUT2D eigenvalue weighted by Gasteiger charge is 2.19. The zero-order valence-corrected chi connectivity index (χ0v) is 16.9. The number of anilines is 1. The van der Waals surface area contributed by atoms with Crippen LogP contribution in [0.25, 0.3) is 16.7 Å². The van der Waals surface area contributed by atoms with E-state index in [1.807, 2.05) is 10.9 Å². The van der Waals surface area contributed by atoms with E-state index >= 15 is 0 Å². The van der Waals surface area contributed by atoms with E-state index in [4.69, 9.17) is 10.1 Å². The van der Waals surface area contributed by atoms with Crippen LogP contribution < -0.4 is 4.90 Å². The predicted octanol–water partition coefficient (Wildman–Crippen LogP) is 5.28. The fraction of sp³-hybridized carbons (Fsp3) is 0.455. The first-order chi connectivity index (χ1) is 12.5. The molecule has 0 atom stereocenters. The SMILES string of the molecule is CCCCN(CC)c1ccnc2c1c(C)nn2-c1c(C)cc(C)cc1C. The number of hydrogen-bond donors (Lipinski definition) is 0. The maximum atomic E-state index is 4.90. The van der Waals surface area contributed by atoms with Crippen LogP contribution in [0.5, 0.6) is 0 Å². The Bertz CT molecular complexity index is 900. The van der Waals surface area contributed by atoms with E-state index in [0.717, 1.165) is 30.1 Å². The lowest BCUT2D eigenvalue weighted by Gasteiger charge is -2.23. The van der Waals surface area contributed by atoms with Crippen LogP contribution in [0.1, 0.15) is 49.1 Å². The van der Waals surface area contributed by atoms with E-state index in [2.05, 4.69) is 64.6 Å². The van der Waals surface area contributed by atoms with Gasteiger partial charge in [-0.05, 0) is 58.2 Å². The van der Waals surface area contributed by atoms with Gasteiger partial charge < -0.3 is 4.90 Å². The molecule has 0 N–H and O–H groups in total. The molecule has 0 saturated carbocycles. The van der Waals surface area contributed by atoms with Gasteiger partial charge >= 0.3 is 0 Å². The van der Waals surface area contributed by atoms with Gasteiger partial charge in [0.15, 0.2) is 5.65 Å². The van der Waals surface area contributed by atoms with Crippen molar-refractivity contribution in [2.24, 2.45) is 0 Å². The summed E-state index contributed by atoms with van der Waals surface area (Å²) in [4.78, 5) is 7.16. The molecule has 0 fully saturated rings. The highest BCUT2D eigenvalue weighted by molar-refractivity contribution is 5.93. The van der Waals surface area contributed by atoms with E-state index in [0.29, 0.717) is 0 Å². The molecule has 3 rings (SSSR count). The molecule has 0 amide bonds. The first-order valence-electron chi connectivity index (χ1n) is 9.65. The Labute approximate surface area is 156 Å². The highest BCUT2D eigenvalue weighted by Crippen LogP contribution is 2.31. The molecule has 0 aliphatic rings. The quantitative estimate of drug-likeness (QED) is 0.606. The fourth-order valence-electron chi connectivity index (χ4n) is 3.92. The summed E-state index contributed by atoms with van der Waals surface area (Å²) in [6, 6.07) is 6.57. The van der Waals surface area contributed by atoms with Gasteiger partial charge in [0.05, 0.1) is 22.5 Å². The number of unbranched alkanes of at least 4 members (excludes halogenated alkanes) is 1. The van der Waals surface area contributed by atoms with Gasteiger partial charge in [-0.2, -0.15) is 5.10 Å². The van der Waals surface area contributed by atoms with E-state index < -0.39 is 0 Å². The third-order valence-electron chi connectivity index (χ3n) is 5.07. The Kier molecular flexibility index (Phi) is 5.30. The number of fused-ring (bicyclic) bond motifs is 1. The predicted molar refractivity (Wildman–Crippen MR) is 111 cm³/mol. The fourth-order valence-corrected chi connectivity index (χ4v) is 3.92. The maximum Gasteiger partial charge on any atom is 0.165 e. The molecule has 0 spiro atoms. The van der Waals surface area contributed by atoms with E-state index in [9.17, 15) is 0 Å². The Morgan fingerprint density at radius 3 is 2.35 bits per heavy atom. The number of nitrogens with zero attached hydrogens (tertiary/aromatic N) is 4. The van der Waals surface area contributed by atoms with Crippen molar-refractivity contribution in [3.63, 3.8) is 0 Å². The van der Waals surface area contributed by atoms with Crippen LogP contribution in [0, 0.1) is 27.7 Å². The van der Waals surface area contributed by atoms with Gasteiger partial charge in [0, 0.05) is 19.3 Å². The standard InChI is InChI=1S/C22H30N4/c1-7-9-12-25(8-2)19-10-11-23-22-20(19)18(6)24-26(22)21-16(4)13-15(3)14-17(21)5/h10-11,13-14H,7-9,12H2,1-6H3. The Balaban J connectivity index is 2.21. The number of aromatic nitrogens is 3. The number of aryl methyl sites for hydroxylation is 4. The molecule has 2 aromatic heterocycles. The molecule has 0 unspecified atom stereocenters. The van der Waals surface area contributed by atoms with Crippen molar-refractivity contribution >= 4 is 16.7 Å². The van der Waals surface area contributed by atoms with E-state index in [1.165, 1.54) is 40.6 Å². The molecule has 0 saturated heterocycles. The zero-order valence-electron chi connectivity index (χ0n) is 16.9. The van der Waals surface area contributed by atoms with Crippen molar-refractivity contribution in [3.05, 3.63) is 46.8 Å². The lowest BCUT2D eigenvalue weighted by Crippen LogP contribution is -2.24. The van der Waals surface area contributed by atoms with Gasteiger partial charge in [-0.15, -0.1) is 0 Å². The molecule has 26 heavy (non-hydrogen) atoms. The molecule has 4 heteroatoms. The first-order valence-corrected chi connectivity index (χ1v) is 9.65. The third-order valence-corrected chi connectivity index (χ3v) is 5.07. The second-order valence-electron chi connectivity index (χ2n) is 7.21. The minimum Gasteiger partial charge on any atom is -0.371 e. The third kappa shape index (κ3) is 3.20. The molecule has 0 bridgehead atoms.